The maximum atomic E-state index is 4.64. The lowest BCUT2D eigenvalue weighted by molar-refractivity contribution is 0.519. The van der Waals surface area contributed by atoms with Crippen LogP contribution in [0.4, 0.5) is 0 Å². The fraction of sp³-hybridized carbons (Fsp3) is 0.800. The van der Waals surface area contributed by atoms with Crippen molar-refractivity contribution in [1.82, 2.24) is 15.1 Å². The average Bonchev–Trinajstić information content (AvgIpc) is 2.83. The van der Waals surface area contributed by atoms with E-state index >= 15 is 0 Å². The maximum absolute atomic E-state index is 4.64. The first-order valence-electron chi connectivity index (χ1n) is 7.61. The first kappa shape index (κ1) is 16.6. The van der Waals surface area contributed by atoms with Crippen LogP contribution in [0, 0.1) is 0 Å². The van der Waals surface area contributed by atoms with Crippen molar-refractivity contribution in [2.75, 3.05) is 18.1 Å². The second-order valence-corrected chi connectivity index (χ2v) is 6.13. The molecule has 0 aliphatic heterocycles. The Kier molecular flexibility index (Phi) is 8.22. The van der Waals surface area contributed by atoms with Gasteiger partial charge in [0, 0.05) is 30.5 Å². The normalized spacial score (nSPS) is 12.8. The minimum Gasteiger partial charge on any atom is -0.313 e. The molecule has 19 heavy (non-hydrogen) atoms. The van der Waals surface area contributed by atoms with Crippen LogP contribution in [0.25, 0.3) is 0 Å². The quantitative estimate of drug-likeness (QED) is 0.715. The molecule has 0 saturated carbocycles. The van der Waals surface area contributed by atoms with Gasteiger partial charge in [0.05, 0.1) is 5.69 Å². The molecule has 0 aromatic carbocycles. The van der Waals surface area contributed by atoms with Crippen LogP contribution in [0.2, 0.25) is 0 Å². The molecular formula is C15H29N3S. The summed E-state index contributed by atoms with van der Waals surface area (Å²) in [6.45, 7) is 10.9. The van der Waals surface area contributed by atoms with Gasteiger partial charge in [0.2, 0.25) is 0 Å². The van der Waals surface area contributed by atoms with Crippen LogP contribution in [0.5, 0.6) is 0 Å². The Morgan fingerprint density at radius 1 is 1.32 bits per heavy atom. The van der Waals surface area contributed by atoms with Gasteiger partial charge in [-0.25, -0.2) is 0 Å². The van der Waals surface area contributed by atoms with Crippen molar-refractivity contribution in [3.05, 3.63) is 17.5 Å². The molecule has 110 valence electrons. The third-order valence-electron chi connectivity index (χ3n) is 3.24. The van der Waals surface area contributed by atoms with E-state index in [9.17, 15) is 0 Å². The van der Waals surface area contributed by atoms with E-state index in [1.807, 2.05) is 11.8 Å². The van der Waals surface area contributed by atoms with Crippen molar-refractivity contribution in [3.8, 4) is 0 Å². The Balaban J connectivity index is 2.67. The summed E-state index contributed by atoms with van der Waals surface area (Å²) in [5.41, 5.74) is 2.60. The number of rotatable bonds is 10. The minimum absolute atomic E-state index is 0.566. The third kappa shape index (κ3) is 5.57. The maximum Gasteiger partial charge on any atom is 0.0624 e. The highest BCUT2D eigenvalue weighted by molar-refractivity contribution is 7.99. The van der Waals surface area contributed by atoms with Gasteiger partial charge in [0.25, 0.3) is 0 Å². The van der Waals surface area contributed by atoms with E-state index in [0.717, 1.165) is 25.9 Å². The number of hydrogen-bond donors (Lipinski definition) is 1. The van der Waals surface area contributed by atoms with Crippen molar-refractivity contribution >= 4 is 11.8 Å². The number of nitrogens with one attached hydrogen (secondary N) is 1. The summed E-state index contributed by atoms with van der Waals surface area (Å²) >= 11 is 2.02. The predicted octanol–water partition coefficient (Wildman–Crippen LogP) is 3.13. The molecule has 0 spiro atoms. The summed E-state index contributed by atoms with van der Waals surface area (Å²) in [6.07, 6.45) is 3.31. The molecule has 1 unspecified atom stereocenters. The van der Waals surface area contributed by atoms with E-state index in [-0.39, 0.29) is 0 Å². The number of aromatic nitrogens is 2. The standard InChI is InChI=1S/C15H29N3S/c1-5-9-16-14(12-19-8-4)11-15-10-13(6-2)17-18(15)7-3/h10,14,16H,5-9,11-12H2,1-4H3. The molecule has 1 heterocycles. The number of hydrogen-bond acceptors (Lipinski definition) is 3. The highest BCUT2D eigenvalue weighted by atomic mass is 32.2. The van der Waals surface area contributed by atoms with E-state index in [4.69, 9.17) is 0 Å². The van der Waals surface area contributed by atoms with Gasteiger partial charge in [-0.15, -0.1) is 0 Å². The molecule has 1 N–H and O–H groups in total. The molecule has 4 heteroatoms. The Morgan fingerprint density at radius 3 is 2.68 bits per heavy atom. The molecule has 1 rings (SSSR count). The van der Waals surface area contributed by atoms with E-state index in [0.29, 0.717) is 6.04 Å². The first-order valence-corrected chi connectivity index (χ1v) is 8.77. The topological polar surface area (TPSA) is 29.9 Å². The first-order chi connectivity index (χ1) is 9.24. The summed E-state index contributed by atoms with van der Waals surface area (Å²) in [4.78, 5) is 0. The molecule has 0 saturated heterocycles. The molecule has 1 aromatic heterocycles. The van der Waals surface area contributed by atoms with Gasteiger partial charge in [-0.2, -0.15) is 16.9 Å². The van der Waals surface area contributed by atoms with Crippen molar-refractivity contribution in [2.24, 2.45) is 0 Å². The monoisotopic (exact) mass is 283 g/mol. The molecular weight excluding hydrogens is 254 g/mol. The van der Waals surface area contributed by atoms with Gasteiger partial charge in [0.1, 0.15) is 0 Å². The van der Waals surface area contributed by atoms with Crippen molar-refractivity contribution in [3.63, 3.8) is 0 Å². The van der Waals surface area contributed by atoms with E-state index in [1.54, 1.807) is 0 Å². The summed E-state index contributed by atoms with van der Waals surface area (Å²) in [5.74, 6) is 2.38. The van der Waals surface area contributed by atoms with E-state index < -0.39 is 0 Å². The number of aryl methyl sites for hydroxylation is 2. The van der Waals surface area contributed by atoms with Crippen LogP contribution >= 0.6 is 11.8 Å². The molecule has 0 bridgehead atoms. The minimum atomic E-state index is 0.566. The van der Waals surface area contributed by atoms with Gasteiger partial charge in [-0.3, -0.25) is 4.68 Å². The Bertz CT molecular complexity index is 341. The fourth-order valence-corrected chi connectivity index (χ4v) is 2.93. The second kappa shape index (κ2) is 9.43. The SMILES string of the molecule is CCCNC(CSCC)Cc1cc(CC)nn1CC. The molecule has 0 aliphatic carbocycles. The van der Waals surface area contributed by atoms with Gasteiger partial charge in [0.15, 0.2) is 0 Å². The molecule has 3 nitrogen and oxygen atoms in total. The van der Waals surface area contributed by atoms with Gasteiger partial charge in [-0.05, 0) is 38.1 Å². The van der Waals surface area contributed by atoms with Crippen molar-refractivity contribution < 1.29 is 0 Å². The average molecular weight is 283 g/mol. The lowest BCUT2D eigenvalue weighted by Crippen LogP contribution is -2.34. The zero-order chi connectivity index (χ0) is 14.1. The van der Waals surface area contributed by atoms with Crippen LogP contribution < -0.4 is 5.32 Å². The van der Waals surface area contributed by atoms with Gasteiger partial charge in [-0.1, -0.05) is 20.8 Å². The van der Waals surface area contributed by atoms with Crippen LogP contribution in [-0.2, 0) is 19.4 Å². The van der Waals surface area contributed by atoms with E-state index in [1.165, 1.54) is 29.3 Å². The molecule has 0 radical (unpaired) electrons. The highest BCUT2D eigenvalue weighted by Crippen LogP contribution is 2.12. The largest absolute Gasteiger partial charge is 0.313 e. The number of thioether (sulfide) groups is 1. The van der Waals surface area contributed by atoms with Gasteiger partial charge < -0.3 is 5.32 Å². The summed E-state index contributed by atoms with van der Waals surface area (Å²) in [7, 11) is 0. The Hall–Kier alpha value is -0.480. The van der Waals surface area contributed by atoms with Crippen LogP contribution in [-0.4, -0.2) is 33.9 Å². The molecule has 0 fully saturated rings. The number of nitrogens with zero attached hydrogens (tertiary/aromatic N) is 2. The van der Waals surface area contributed by atoms with Crippen molar-refractivity contribution in [2.45, 2.75) is 59.5 Å². The Labute approximate surface area is 122 Å². The molecule has 1 atom stereocenters. The highest BCUT2D eigenvalue weighted by Gasteiger charge is 2.13. The molecule has 0 amide bonds. The van der Waals surface area contributed by atoms with Crippen LogP contribution in [0.1, 0.15) is 45.5 Å². The van der Waals surface area contributed by atoms with Crippen molar-refractivity contribution in [1.29, 1.82) is 0 Å². The smallest absolute Gasteiger partial charge is 0.0624 e. The summed E-state index contributed by atoms with van der Waals surface area (Å²) in [6, 6.07) is 2.84. The zero-order valence-electron chi connectivity index (χ0n) is 12.9. The second-order valence-electron chi connectivity index (χ2n) is 4.81. The Morgan fingerprint density at radius 2 is 2.11 bits per heavy atom. The molecule has 0 aliphatic rings. The molecule has 1 aromatic rings. The summed E-state index contributed by atoms with van der Waals surface area (Å²) in [5, 5.41) is 8.31. The summed E-state index contributed by atoms with van der Waals surface area (Å²) < 4.78 is 2.16. The lowest BCUT2D eigenvalue weighted by atomic mass is 10.1. The lowest BCUT2D eigenvalue weighted by Gasteiger charge is -2.18. The predicted molar refractivity (Wildman–Crippen MR) is 86.1 cm³/mol. The van der Waals surface area contributed by atoms with Crippen LogP contribution in [0.3, 0.4) is 0 Å². The fourth-order valence-electron chi connectivity index (χ4n) is 2.18. The zero-order valence-corrected chi connectivity index (χ0v) is 13.7. The van der Waals surface area contributed by atoms with Crippen LogP contribution in [0.15, 0.2) is 6.07 Å². The van der Waals surface area contributed by atoms with E-state index in [2.05, 4.69) is 48.9 Å². The van der Waals surface area contributed by atoms with Gasteiger partial charge >= 0.3 is 0 Å². The third-order valence-corrected chi connectivity index (χ3v) is 4.28.